The van der Waals surface area contributed by atoms with E-state index in [2.05, 4.69) is 11.4 Å². The molecular weight excluding hydrogens is 326 g/mol. The molecule has 0 saturated heterocycles. The Labute approximate surface area is 153 Å². The lowest BCUT2D eigenvalue weighted by Gasteiger charge is -2.11. The maximum atomic E-state index is 12.1. The Hall–Kier alpha value is -3.01. The summed E-state index contributed by atoms with van der Waals surface area (Å²) in [6, 6.07) is 17.9. The third-order valence-corrected chi connectivity index (χ3v) is 4.52. The lowest BCUT2D eigenvalue weighted by molar-refractivity contribution is -0.123. The number of benzene rings is 3. The van der Waals surface area contributed by atoms with Crippen molar-refractivity contribution in [3.8, 4) is 11.5 Å². The molecule has 3 aromatic rings. The van der Waals surface area contributed by atoms with Crippen molar-refractivity contribution in [1.82, 2.24) is 5.32 Å². The number of hydrogen-bond donors (Lipinski definition) is 1. The minimum atomic E-state index is -0.138. The van der Waals surface area contributed by atoms with Gasteiger partial charge >= 0.3 is 0 Å². The van der Waals surface area contributed by atoms with Crippen molar-refractivity contribution in [2.24, 2.45) is 0 Å². The zero-order valence-corrected chi connectivity index (χ0v) is 15.3. The van der Waals surface area contributed by atoms with Crippen LogP contribution in [0.5, 0.6) is 11.5 Å². The summed E-state index contributed by atoms with van der Waals surface area (Å²) < 4.78 is 10.9. The van der Waals surface area contributed by atoms with Crippen LogP contribution in [-0.4, -0.2) is 19.6 Å². The Bertz CT molecular complexity index is 934. The van der Waals surface area contributed by atoms with Gasteiger partial charge in [0.1, 0.15) is 11.5 Å². The van der Waals surface area contributed by atoms with Gasteiger partial charge in [-0.2, -0.15) is 0 Å². The van der Waals surface area contributed by atoms with Crippen molar-refractivity contribution in [2.75, 3.05) is 13.7 Å². The minimum absolute atomic E-state index is 0.00900. The van der Waals surface area contributed by atoms with E-state index in [1.807, 2.05) is 62.4 Å². The van der Waals surface area contributed by atoms with Crippen LogP contribution >= 0.6 is 0 Å². The van der Waals surface area contributed by atoms with Gasteiger partial charge in [-0.05, 0) is 65.6 Å². The monoisotopic (exact) mass is 349 g/mol. The third-order valence-electron chi connectivity index (χ3n) is 4.52. The van der Waals surface area contributed by atoms with Crippen LogP contribution in [0.15, 0.2) is 54.6 Å². The lowest BCUT2D eigenvalue weighted by Crippen LogP contribution is -2.28. The summed E-state index contributed by atoms with van der Waals surface area (Å²) >= 11 is 0. The first-order chi connectivity index (χ1) is 12.6. The van der Waals surface area contributed by atoms with Gasteiger partial charge in [0, 0.05) is 6.54 Å². The van der Waals surface area contributed by atoms with Crippen molar-refractivity contribution in [3.63, 3.8) is 0 Å². The first-order valence-electron chi connectivity index (χ1n) is 8.59. The summed E-state index contributed by atoms with van der Waals surface area (Å²) in [5, 5.41) is 5.13. The number of hydrogen-bond acceptors (Lipinski definition) is 3. The number of aryl methyl sites for hydroxylation is 1. The molecule has 0 bridgehead atoms. The Morgan fingerprint density at radius 1 is 1.00 bits per heavy atom. The zero-order valence-electron chi connectivity index (χ0n) is 15.3. The summed E-state index contributed by atoms with van der Waals surface area (Å²) in [5.74, 6) is 1.45. The summed E-state index contributed by atoms with van der Waals surface area (Å²) in [7, 11) is 1.66. The van der Waals surface area contributed by atoms with E-state index in [1.165, 1.54) is 0 Å². The van der Waals surface area contributed by atoms with E-state index in [0.717, 1.165) is 39.0 Å². The van der Waals surface area contributed by atoms with Crippen LogP contribution in [0.1, 0.15) is 16.7 Å². The van der Waals surface area contributed by atoms with E-state index in [-0.39, 0.29) is 12.5 Å². The van der Waals surface area contributed by atoms with Gasteiger partial charge in [-0.1, -0.05) is 30.3 Å². The maximum Gasteiger partial charge on any atom is 0.258 e. The molecule has 0 spiro atoms. The molecule has 4 nitrogen and oxygen atoms in total. The maximum absolute atomic E-state index is 12.1. The fraction of sp³-hybridized carbons (Fsp3) is 0.227. The average molecular weight is 349 g/mol. The van der Waals surface area contributed by atoms with E-state index in [4.69, 9.17) is 9.47 Å². The van der Waals surface area contributed by atoms with Gasteiger partial charge in [-0.25, -0.2) is 0 Å². The topological polar surface area (TPSA) is 47.6 Å². The van der Waals surface area contributed by atoms with Crippen molar-refractivity contribution in [3.05, 3.63) is 71.3 Å². The Morgan fingerprint density at radius 2 is 1.77 bits per heavy atom. The molecule has 0 saturated carbocycles. The first-order valence-corrected chi connectivity index (χ1v) is 8.59. The molecule has 0 unspecified atom stereocenters. The van der Waals surface area contributed by atoms with Gasteiger partial charge in [-0.3, -0.25) is 4.79 Å². The molecule has 0 aliphatic heterocycles. The molecule has 3 rings (SSSR count). The fourth-order valence-electron chi connectivity index (χ4n) is 2.79. The number of nitrogens with one attached hydrogen (secondary N) is 1. The zero-order chi connectivity index (χ0) is 18.5. The van der Waals surface area contributed by atoms with Gasteiger partial charge in [0.2, 0.25) is 0 Å². The average Bonchev–Trinajstić information content (AvgIpc) is 2.67. The second-order valence-corrected chi connectivity index (χ2v) is 6.31. The first kappa shape index (κ1) is 17.8. The van der Waals surface area contributed by atoms with Crippen LogP contribution in [0.4, 0.5) is 0 Å². The number of ether oxygens (including phenoxy) is 2. The van der Waals surface area contributed by atoms with Gasteiger partial charge in [0.15, 0.2) is 6.61 Å². The standard InChI is InChI=1S/C22H23NO3/c1-15-5-4-6-21(16(15)2)26-14-22(24)23-13-17-7-8-19-12-20(25-3)10-9-18(19)11-17/h4-12H,13-14H2,1-3H3,(H,23,24). The SMILES string of the molecule is COc1ccc2cc(CNC(=O)COc3cccc(C)c3C)ccc2c1. The van der Waals surface area contributed by atoms with Crippen molar-refractivity contribution in [2.45, 2.75) is 20.4 Å². The lowest BCUT2D eigenvalue weighted by atomic mass is 10.1. The molecule has 1 amide bonds. The van der Waals surface area contributed by atoms with Crippen LogP contribution in [0, 0.1) is 13.8 Å². The number of methoxy groups -OCH3 is 1. The minimum Gasteiger partial charge on any atom is -0.497 e. The van der Waals surface area contributed by atoms with Crippen LogP contribution < -0.4 is 14.8 Å². The van der Waals surface area contributed by atoms with Gasteiger partial charge in [0.05, 0.1) is 7.11 Å². The predicted molar refractivity (Wildman–Crippen MR) is 104 cm³/mol. The second-order valence-electron chi connectivity index (χ2n) is 6.31. The normalized spacial score (nSPS) is 10.6. The van der Waals surface area contributed by atoms with Gasteiger partial charge in [-0.15, -0.1) is 0 Å². The van der Waals surface area contributed by atoms with Crippen LogP contribution in [-0.2, 0) is 11.3 Å². The largest absolute Gasteiger partial charge is 0.497 e. The molecular formula is C22H23NO3. The molecule has 0 aliphatic carbocycles. The molecule has 4 heteroatoms. The number of carbonyl (C=O) groups excluding carboxylic acids is 1. The molecule has 3 aromatic carbocycles. The van der Waals surface area contributed by atoms with Crippen LogP contribution in [0.2, 0.25) is 0 Å². The highest BCUT2D eigenvalue weighted by atomic mass is 16.5. The Kier molecular flexibility index (Phi) is 5.42. The number of amides is 1. The molecule has 0 heterocycles. The van der Waals surface area contributed by atoms with E-state index in [1.54, 1.807) is 7.11 Å². The number of carbonyl (C=O) groups is 1. The molecule has 1 N–H and O–H groups in total. The van der Waals surface area contributed by atoms with E-state index < -0.39 is 0 Å². The van der Waals surface area contributed by atoms with Crippen molar-refractivity contribution in [1.29, 1.82) is 0 Å². The molecule has 0 atom stereocenters. The van der Waals surface area contributed by atoms with E-state index in [0.29, 0.717) is 6.54 Å². The third kappa shape index (κ3) is 4.14. The molecule has 26 heavy (non-hydrogen) atoms. The molecule has 0 radical (unpaired) electrons. The highest BCUT2D eigenvalue weighted by molar-refractivity contribution is 5.84. The van der Waals surface area contributed by atoms with Crippen LogP contribution in [0.3, 0.4) is 0 Å². The van der Waals surface area contributed by atoms with E-state index in [9.17, 15) is 4.79 Å². The Balaban J connectivity index is 1.57. The van der Waals surface area contributed by atoms with Gasteiger partial charge in [0.25, 0.3) is 5.91 Å². The van der Waals surface area contributed by atoms with Gasteiger partial charge < -0.3 is 14.8 Å². The summed E-state index contributed by atoms with van der Waals surface area (Å²) in [6.07, 6.45) is 0. The molecule has 134 valence electrons. The quantitative estimate of drug-likeness (QED) is 0.727. The fourth-order valence-corrected chi connectivity index (χ4v) is 2.79. The van der Waals surface area contributed by atoms with E-state index >= 15 is 0 Å². The molecule has 0 aliphatic rings. The highest BCUT2D eigenvalue weighted by Gasteiger charge is 2.06. The van der Waals surface area contributed by atoms with Crippen LogP contribution in [0.25, 0.3) is 10.8 Å². The van der Waals surface area contributed by atoms with Crippen molar-refractivity contribution >= 4 is 16.7 Å². The van der Waals surface area contributed by atoms with Crippen molar-refractivity contribution < 1.29 is 14.3 Å². The summed E-state index contributed by atoms with van der Waals surface area (Å²) in [5.41, 5.74) is 3.25. The Morgan fingerprint density at radius 3 is 2.58 bits per heavy atom. The summed E-state index contributed by atoms with van der Waals surface area (Å²) in [6.45, 7) is 4.50. The molecule has 0 aromatic heterocycles. The smallest absolute Gasteiger partial charge is 0.258 e. The highest BCUT2D eigenvalue weighted by Crippen LogP contribution is 2.22. The predicted octanol–water partition coefficient (Wildman–Crippen LogP) is 4.16. The number of fused-ring (bicyclic) bond motifs is 1. The number of rotatable bonds is 6. The molecule has 0 fully saturated rings. The summed E-state index contributed by atoms with van der Waals surface area (Å²) in [4.78, 5) is 12.1. The second kappa shape index (κ2) is 7.91.